The minimum absolute atomic E-state index is 0.210. The molecule has 0 rings (SSSR count). The lowest BCUT2D eigenvalue weighted by Gasteiger charge is -2.11. The number of carbonyl (C=O) groups is 1. The molecule has 1 amide bonds. The summed E-state index contributed by atoms with van der Waals surface area (Å²) < 4.78 is 35.0. The van der Waals surface area contributed by atoms with Crippen LogP contribution in [0, 0.1) is 12.3 Å². The van der Waals surface area contributed by atoms with Crippen LogP contribution < -0.4 is 10.6 Å². The highest BCUT2D eigenvalue weighted by Crippen LogP contribution is 2.11. The SMILES string of the molecule is C#CC(CC)NCC(=O)NCC(F)(F)F. The number of hydrogen-bond acceptors (Lipinski definition) is 2. The topological polar surface area (TPSA) is 41.1 Å². The molecule has 0 aliphatic heterocycles. The summed E-state index contributed by atoms with van der Waals surface area (Å²) in [5.41, 5.74) is 0. The van der Waals surface area contributed by atoms with Gasteiger partial charge >= 0.3 is 6.18 Å². The largest absolute Gasteiger partial charge is 0.405 e. The molecule has 3 nitrogen and oxygen atoms in total. The van der Waals surface area contributed by atoms with Crippen molar-refractivity contribution in [1.29, 1.82) is 0 Å². The highest BCUT2D eigenvalue weighted by molar-refractivity contribution is 5.78. The van der Waals surface area contributed by atoms with E-state index in [1.165, 1.54) is 0 Å². The standard InChI is InChI=1S/C9H13F3N2O/c1-3-7(4-2)13-5-8(15)14-6-9(10,11)12/h1,7,13H,4-6H2,2H3,(H,14,15). The van der Waals surface area contributed by atoms with E-state index in [1.807, 2.05) is 6.92 Å². The second-order valence-corrected chi connectivity index (χ2v) is 2.90. The number of carbonyl (C=O) groups excluding carboxylic acids is 1. The molecule has 0 aromatic heterocycles. The van der Waals surface area contributed by atoms with Gasteiger partial charge in [-0.05, 0) is 6.42 Å². The smallest absolute Gasteiger partial charge is 0.346 e. The Labute approximate surface area is 86.4 Å². The van der Waals surface area contributed by atoms with Crippen LogP contribution in [0.2, 0.25) is 0 Å². The van der Waals surface area contributed by atoms with Crippen molar-refractivity contribution < 1.29 is 18.0 Å². The number of amides is 1. The number of terminal acetylenes is 1. The summed E-state index contributed by atoms with van der Waals surface area (Å²) in [6.07, 6.45) is 1.32. The zero-order chi connectivity index (χ0) is 11.9. The quantitative estimate of drug-likeness (QED) is 0.671. The summed E-state index contributed by atoms with van der Waals surface area (Å²) >= 11 is 0. The van der Waals surface area contributed by atoms with Gasteiger partial charge in [0.25, 0.3) is 0 Å². The van der Waals surface area contributed by atoms with E-state index in [-0.39, 0.29) is 12.6 Å². The van der Waals surface area contributed by atoms with Crippen LogP contribution in [0.1, 0.15) is 13.3 Å². The van der Waals surface area contributed by atoms with Gasteiger partial charge in [0.1, 0.15) is 6.54 Å². The van der Waals surface area contributed by atoms with Crippen LogP contribution in [0.15, 0.2) is 0 Å². The molecule has 0 aromatic carbocycles. The third-order valence-corrected chi connectivity index (χ3v) is 1.60. The average Bonchev–Trinajstić information content (AvgIpc) is 2.15. The molecule has 1 atom stereocenters. The summed E-state index contributed by atoms with van der Waals surface area (Å²) in [5, 5.41) is 4.37. The first kappa shape index (κ1) is 13.8. The minimum atomic E-state index is -4.38. The van der Waals surface area contributed by atoms with Gasteiger partial charge in [-0.15, -0.1) is 6.42 Å². The highest BCUT2D eigenvalue weighted by atomic mass is 19.4. The second-order valence-electron chi connectivity index (χ2n) is 2.90. The fourth-order valence-corrected chi connectivity index (χ4v) is 0.798. The molecule has 0 spiro atoms. The van der Waals surface area contributed by atoms with E-state index in [2.05, 4.69) is 11.2 Å². The van der Waals surface area contributed by atoms with Gasteiger partial charge in [0.05, 0.1) is 12.6 Å². The average molecular weight is 222 g/mol. The van der Waals surface area contributed by atoms with Crippen LogP contribution >= 0.6 is 0 Å². The Balaban J connectivity index is 3.72. The Hall–Kier alpha value is -1.22. The summed E-state index contributed by atoms with van der Waals surface area (Å²) in [6.45, 7) is 0.282. The molecule has 0 bridgehead atoms. The molecule has 6 heteroatoms. The predicted molar refractivity (Wildman–Crippen MR) is 50.0 cm³/mol. The van der Waals surface area contributed by atoms with Gasteiger partial charge in [0.2, 0.25) is 5.91 Å². The highest BCUT2D eigenvalue weighted by Gasteiger charge is 2.27. The van der Waals surface area contributed by atoms with Crippen molar-refractivity contribution in [3.8, 4) is 12.3 Å². The molecule has 0 heterocycles. The first-order valence-corrected chi connectivity index (χ1v) is 4.42. The lowest BCUT2D eigenvalue weighted by Crippen LogP contribution is -2.41. The molecule has 15 heavy (non-hydrogen) atoms. The van der Waals surface area contributed by atoms with E-state index in [0.29, 0.717) is 6.42 Å². The number of halogens is 3. The lowest BCUT2D eigenvalue weighted by molar-refractivity contribution is -0.137. The molecule has 0 aromatic rings. The van der Waals surface area contributed by atoms with Crippen molar-refractivity contribution in [3.05, 3.63) is 0 Å². The monoisotopic (exact) mass is 222 g/mol. The molecule has 2 N–H and O–H groups in total. The fraction of sp³-hybridized carbons (Fsp3) is 0.667. The second kappa shape index (κ2) is 6.30. The summed E-state index contributed by atoms with van der Waals surface area (Å²) in [6, 6.07) is -0.290. The van der Waals surface area contributed by atoms with Crippen molar-refractivity contribution in [2.45, 2.75) is 25.6 Å². The van der Waals surface area contributed by atoms with Gasteiger partial charge in [0, 0.05) is 0 Å². The Morgan fingerprint density at radius 3 is 2.53 bits per heavy atom. The number of rotatable bonds is 5. The van der Waals surface area contributed by atoms with Crippen molar-refractivity contribution in [2.75, 3.05) is 13.1 Å². The van der Waals surface area contributed by atoms with E-state index >= 15 is 0 Å². The van der Waals surface area contributed by atoms with Gasteiger partial charge in [0.15, 0.2) is 0 Å². The van der Waals surface area contributed by atoms with Gasteiger partial charge in [-0.3, -0.25) is 10.1 Å². The summed E-state index contributed by atoms with van der Waals surface area (Å²) in [4.78, 5) is 10.9. The van der Waals surface area contributed by atoms with Crippen LogP contribution in [0.5, 0.6) is 0 Å². The molecular formula is C9H13F3N2O. The van der Waals surface area contributed by atoms with Gasteiger partial charge in [-0.25, -0.2) is 0 Å². The van der Waals surface area contributed by atoms with Gasteiger partial charge in [-0.1, -0.05) is 12.8 Å². The van der Waals surface area contributed by atoms with E-state index in [1.54, 1.807) is 5.32 Å². The van der Waals surface area contributed by atoms with Crippen LogP contribution in [0.3, 0.4) is 0 Å². The van der Waals surface area contributed by atoms with E-state index in [9.17, 15) is 18.0 Å². The van der Waals surface area contributed by atoms with Crippen molar-refractivity contribution in [3.63, 3.8) is 0 Å². The van der Waals surface area contributed by atoms with Gasteiger partial charge < -0.3 is 5.32 Å². The van der Waals surface area contributed by atoms with E-state index < -0.39 is 18.6 Å². The molecule has 86 valence electrons. The number of hydrogen-bond donors (Lipinski definition) is 2. The van der Waals surface area contributed by atoms with Crippen LogP contribution in [0.25, 0.3) is 0 Å². The molecule has 0 saturated carbocycles. The number of alkyl halides is 3. The normalized spacial score (nSPS) is 13.0. The van der Waals surface area contributed by atoms with E-state index in [4.69, 9.17) is 6.42 Å². The molecule has 0 fully saturated rings. The first-order valence-electron chi connectivity index (χ1n) is 4.42. The maximum Gasteiger partial charge on any atom is 0.405 e. The molecule has 0 saturated heterocycles. The Kier molecular flexibility index (Phi) is 5.79. The third kappa shape index (κ3) is 7.82. The van der Waals surface area contributed by atoms with Crippen molar-refractivity contribution in [1.82, 2.24) is 10.6 Å². The zero-order valence-corrected chi connectivity index (χ0v) is 8.32. The number of nitrogens with one attached hydrogen (secondary N) is 2. The Morgan fingerprint density at radius 2 is 2.13 bits per heavy atom. The molecular weight excluding hydrogens is 209 g/mol. The maximum atomic E-state index is 11.7. The zero-order valence-electron chi connectivity index (χ0n) is 8.32. The summed E-state index contributed by atoms with van der Waals surface area (Å²) in [7, 11) is 0. The fourth-order valence-electron chi connectivity index (χ4n) is 0.798. The first-order chi connectivity index (χ1) is 6.89. The molecule has 0 aliphatic carbocycles. The Bertz CT molecular complexity index is 245. The van der Waals surface area contributed by atoms with Gasteiger partial charge in [-0.2, -0.15) is 13.2 Å². The predicted octanol–water partition coefficient (Wildman–Crippen LogP) is 0.666. The molecule has 0 radical (unpaired) electrons. The van der Waals surface area contributed by atoms with Crippen LogP contribution in [-0.4, -0.2) is 31.2 Å². The van der Waals surface area contributed by atoms with E-state index in [0.717, 1.165) is 0 Å². The van der Waals surface area contributed by atoms with Crippen LogP contribution in [0.4, 0.5) is 13.2 Å². The third-order valence-electron chi connectivity index (χ3n) is 1.60. The molecule has 1 unspecified atom stereocenters. The van der Waals surface area contributed by atoms with Crippen molar-refractivity contribution >= 4 is 5.91 Å². The lowest BCUT2D eigenvalue weighted by atomic mass is 10.2. The van der Waals surface area contributed by atoms with Crippen molar-refractivity contribution in [2.24, 2.45) is 0 Å². The van der Waals surface area contributed by atoms with Crippen LogP contribution in [-0.2, 0) is 4.79 Å². The Morgan fingerprint density at radius 1 is 1.53 bits per heavy atom. The molecule has 0 aliphatic rings. The summed E-state index contributed by atoms with van der Waals surface area (Å²) in [5.74, 6) is 1.64. The maximum absolute atomic E-state index is 11.7. The minimum Gasteiger partial charge on any atom is -0.346 e.